The molecule has 1 aliphatic heterocycles. The molecule has 1 fully saturated rings. The minimum atomic E-state index is -1.13. The number of benzene rings is 1. The number of nitrogens with zero attached hydrogens (tertiary/aromatic N) is 5. The highest BCUT2D eigenvalue weighted by Crippen LogP contribution is 2.23. The van der Waals surface area contributed by atoms with Crippen molar-refractivity contribution in [1.29, 1.82) is 0 Å². The lowest BCUT2D eigenvalue weighted by atomic mass is 10.2. The summed E-state index contributed by atoms with van der Waals surface area (Å²) in [5.41, 5.74) is 2.04. The van der Waals surface area contributed by atoms with Gasteiger partial charge in [0.1, 0.15) is 23.8 Å². The summed E-state index contributed by atoms with van der Waals surface area (Å²) in [6.45, 7) is 1.23. The Labute approximate surface area is 237 Å². The average Bonchev–Trinajstić information content (AvgIpc) is 3.27. The molecule has 12 heteroatoms. The number of rotatable bonds is 9. The smallest absolute Gasteiger partial charge is 0.354 e. The van der Waals surface area contributed by atoms with E-state index in [4.69, 9.17) is 21.1 Å². The third-order valence-corrected chi connectivity index (χ3v) is 7.02. The van der Waals surface area contributed by atoms with Crippen molar-refractivity contribution < 1.29 is 23.8 Å². The number of hydrogen-bond acceptors (Lipinski definition) is 7. The highest BCUT2D eigenvalue weighted by Gasteiger charge is 2.23. The molecule has 1 aliphatic rings. The first kappa shape index (κ1) is 26.6. The molecular formula is C29H23ClFN5O5. The fourth-order valence-corrected chi connectivity index (χ4v) is 4.67. The van der Waals surface area contributed by atoms with Crippen LogP contribution in [0.15, 0.2) is 71.7 Å². The first-order valence-corrected chi connectivity index (χ1v) is 13.2. The Morgan fingerprint density at radius 2 is 1.98 bits per heavy atom. The first-order valence-electron chi connectivity index (χ1n) is 12.8. The number of carboxylic acids is 1. The standard InChI is InChI=1S/C29H23ClFN5O5/c30-19-5-4-18(21(31)13-19)16-41-26-3-1-2-22(33-26)17-8-10-35(27(37)12-17)15-25-32-23-6-7-24(29(38)39)34-28(23)36(25)14-20-9-11-40-20/h1-8,10,12-13,20H,9,11,14-16H2,(H,38,39)/t20-/m0/s1. The second-order valence-corrected chi connectivity index (χ2v) is 9.97. The highest BCUT2D eigenvalue weighted by atomic mass is 35.5. The van der Waals surface area contributed by atoms with Gasteiger partial charge in [0.15, 0.2) is 11.3 Å². The topological polar surface area (TPSA) is 121 Å². The highest BCUT2D eigenvalue weighted by molar-refractivity contribution is 6.30. The van der Waals surface area contributed by atoms with Crippen LogP contribution >= 0.6 is 11.6 Å². The van der Waals surface area contributed by atoms with Gasteiger partial charge in [0.2, 0.25) is 5.88 Å². The normalized spacial score (nSPS) is 14.6. The summed E-state index contributed by atoms with van der Waals surface area (Å²) < 4.78 is 28.7. The number of fused-ring (bicyclic) bond motifs is 1. The van der Waals surface area contributed by atoms with Crippen LogP contribution in [0.25, 0.3) is 22.4 Å². The van der Waals surface area contributed by atoms with Gasteiger partial charge in [-0.2, -0.15) is 0 Å². The zero-order valence-corrected chi connectivity index (χ0v) is 22.3. The minimum Gasteiger partial charge on any atom is -0.477 e. The largest absolute Gasteiger partial charge is 0.477 e. The van der Waals surface area contributed by atoms with Gasteiger partial charge in [0, 0.05) is 41.1 Å². The van der Waals surface area contributed by atoms with E-state index in [9.17, 15) is 19.1 Å². The molecule has 1 saturated heterocycles. The van der Waals surface area contributed by atoms with E-state index in [0.717, 1.165) is 6.42 Å². The lowest BCUT2D eigenvalue weighted by Crippen LogP contribution is -2.32. The number of hydrogen-bond donors (Lipinski definition) is 1. The third-order valence-electron chi connectivity index (χ3n) is 6.79. The predicted molar refractivity (Wildman–Crippen MR) is 148 cm³/mol. The molecular weight excluding hydrogens is 553 g/mol. The van der Waals surface area contributed by atoms with Crippen molar-refractivity contribution in [2.24, 2.45) is 0 Å². The molecule has 0 aliphatic carbocycles. The van der Waals surface area contributed by atoms with Gasteiger partial charge in [0.05, 0.1) is 24.9 Å². The molecule has 6 rings (SSSR count). The minimum absolute atomic E-state index is 0.0303. The lowest BCUT2D eigenvalue weighted by molar-refractivity contribution is -0.0591. The number of carbonyl (C=O) groups is 1. The van der Waals surface area contributed by atoms with Gasteiger partial charge in [-0.15, -0.1) is 0 Å². The predicted octanol–water partition coefficient (Wildman–Crippen LogP) is 4.56. The van der Waals surface area contributed by atoms with Gasteiger partial charge in [-0.25, -0.2) is 24.1 Å². The molecule has 4 aromatic heterocycles. The molecule has 5 aromatic rings. The zero-order valence-electron chi connectivity index (χ0n) is 21.5. The second kappa shape index (κ2) is 11.1. The Kier molecular flexibility index (Phi) is 7.21. The van der Waals surface area contributed by atoms with Crippen LogP contribution in [-0.2, 0) is 24.4 Å². The van der Waals surface area contributed by atoms with Crippen LogP contribution in [0.5, 0.6) is 5.88 Å². The van der Waals surface area contributed by atoms with Gasteiger partial charge in [-0.3, -0.25) is 4.79 Å². The molecule has 0 spiro atoms. The molecule has 1 aromatic carbocycles. The summed E-state index contributed by atoms with van der Waals surface area (Å²) in [5.74, 6) is -0.762. The van der Waals surface area contributed by atoms with Crippen molar-refractivity contribution in [3.8, 4) is 17.1 Å². The Morgan fingerprint density at radius 3 is 2.71 bits per heavy atom. The van der Waals surface area contributed by atoms with Crippen molar-refractivity contribution in [2.45, 2.75) is 32.2 Å². The summed E-state index contributed by atoms with van der Waals surface area (Å²) in [4.78, 5) is 38.0. The van der Waals surface area contributed by atoms with E-state index in [2.05, 4.69) is 15.0 Å². The summed E-state index contributed by atoms with van der Waals surface area (Å²) in [7, 11) is 0. The molecule has 5 heterocycles. The van der Waals surface area contributed by atoms with E-state index in [-0.39, 0.29) is 36.4 Å². The molecule has 0 amide bonds. The Hall–Kier alpha value is -4.61. The number of halogens is 2. The van der Waals surface area contributed by atoms with Gasteiger partial charge in [-0.05, 0) is 42.8 Å². The Bertz CT molecular complexity index is 1830. The van der Waals surface area contributed by atoms with Crippen molar-refractivity contribution in [2.75, 3.05) is 6.61 Å². The number of pyridine rings is 3. The average molecular weight is 576 g/mol. The van der Waals surface area contributed by atoms with Crippen LogP contribution in [0.4, 0.5) is 4.39 Å². The molecule has 0 radical (unpaired) electrons. The van der Waals surface area contributed by atoms with Gasteiger partial charge >= 0.3 is 5.97 Å². The molecule has 10 nitrogen and oxygen atoms in total. The first-order chi connectivity index (χ1) is 19.8. The molecule has 1 N–H and O–H groups in total. The molecule has 41 heavy (non-hydrogen) atoms. The van der Waals surface area contributed by atoms with E-state index in [1.807, 2.05) is 4.57 Å². The number of aromatic nitrogens is 5. The van der Waals surface area contributed by atoms with Crippen LogP contribution in [0.2, 0.25) is 5.02 Å². The van der Waals surface area contributed by atoms with Crippen LogP contribution in [0, 0.1) is 5.82 Å². The zero-order chi connectivity index (χ0) is 28.5. The molecule has 0 saturated carbocycles. The maximum absolute atomic E-state index is 14.1. The molecule has 208 valence electrons. The fraction of sp³-hybridized carbons (Fsp3) is 0.207. The van der Waals surface area contributed by atoms with Gasteiger partial charge in [-0.1, -0.05) is 23.7 Å². The molecule has 0 bridgehead atoms. The summed E-state index contributed by atoms with van der Waals surface area (Å²) in [6.07, 6.45) is 2.49. The van der Waals surface area contributed by atoms with E-state index in [1.54, 1.807) is 48.7 Å². The Balaban J connectivity index is 1.24. The van der Waals surface area contributed by atoms with E-state index < -0.39 is 11.8 Å². The fourth-order valence-electron chi connectivity index (χ4n) is 4.51. The summed E-state index contributed by atoms with van der Waals surface area (Å²) >= 11 is 5.81. The third kappa shape index (κ3) is 5.67. The molecule has 0 unspecified atom stereocenters. The van der Waals surface area contributed by atoms with Crippen LogP contribution in [-0.4, -0.2) is 47.9 Å². The summed E-state index contributed by atoms with van der Waals surface area (Å²) in [5, 5.41) is 9.70. The van der Waals surface area contributed by atoms with Crippen molar-refractivity contribution in [3.05, 3.63) is 105 Å². The second-order valence-electron chi connectivity index (χ2n) is 9.53. The van der Waals surface area contributed by atoms with Crippen LogP contribution < -0.4 is 10.3 Å². The number of carboxylic acid groups (broad SMARTS) is 1. The Morgan fingerprint density at radius 1 is 1.12 bits per heavy atom. The van der Waals surface area contributed by atoms with Gasteiger partial charge in [0.25, 0.3) is 5.56 Å². The van der Waals surface area contributed by atoms with Crippen molar-refractivity contribution >= 4 is 28.7 Å². The van der Waals surface area contributed by atoms with Crippen LogP contribution in [0.3, 0.4) is 0 Å². The van der Waals surface area contributed by atoms with Gasteiger partial charge < -0.3 is 23.7 Å². The molecule has 1 atom stereocenters. The maximum atomic E-state index is 14.1. The lowest BCUT2D eigenvalue weighted by Gasteiger charge is -2.27. The van der Waals surface area contributed by atoms with Crippen LogP contribution in [0.1, 0.15) is 28.3 Å². The van der Waals surface area contributed by atoms with Crippen molar-refractivity contribution in [3.63, 3.8) is 0 Å². The SMILES string of the molecule is O=C(O)c1ccc2nc(Cn3ccc(-c4cccc(OCc5ccc(Cl)cc5F)n4)cc3=O)n(C[C@@H]3CCO3)c2n1. The van der Waals surface area contributed by atoms with E-state index in [0.29, 0.717) is 52.0 Å². The van der Waals surface area contributed by atoms with E-state index >= 15 is 0 Å². The monoisotopic (exact) mass is 575 g/mol. The summed E-state index contributed by atoms with van der Waals surface area (Å²) in [6, 6.07) is 15.7. The number of ether oxygens (including phenoxy) is 2. The van der Waals surface area contributed by atoms with E-state index in [1.165, 1.54) is 22.8 Å². The maximum Gasteiger partial charge on any atom is 0.354 e. The quantitative estimate of drug-likeness (QED) is 0.271. The number of aromatic carboxylic acids is 1. The van der Waals surface area contributed by atoms with Crippen molar-refractivity contribution in [1.82, 2.24) is 24.1 Å². The number of imidazole rings is 1.